The minimum Gasteiger partial charge on any atom is -0.462 e. The Kier molecular flexibility index (Phi) is 36.2. The number of carbonyl (C=O) groups excluding carboxylic acids is 4. The Balaban J connectivity index is 0.000000165. The van der Waals surface area contributed by atoms with Gasteiger partial charge >= 0.3 is 77.6 Å². The largest absolute Gasteiger partial charge is 0.462 e. The van der Waals surface area contributed by atoms with Crippen LogP contribution in [0.3, 0.4) is 0 Å². The van der Waals surface area contributed by atoms with E-state index in [4.69, 9.17) is 93.0 Å². The zero-order valence-corrected chi connectivity index (χ0v) is 85.5. The van der Waals surface area contributed by atoms with Crippen molar-refractivity contribution in [3.63, 3.8) is 0 Å². The summed E-state index contributed by atoms with van der Waals surface area (Å²) in [5, 5.41) is 53.8. The molecule has 12 heterocycles. The zero-order valence-electron chi connectivity index (χ0n) is 81.9. The van der Waals surface area contributed by atoms with Gasteiger partial charge in [-0.15, -0.1) is 0 Å². The van der Waals surface area contributed by atoms with Crippen molar-refractivity contribution in [2.45, 2.75) is 242 Å². The number of fused-ring (bicyclic) bond motifs is 8. The lowest BCUT2D eigenvalue weighted by Crippen LogP contribution is -2.46. The summed E-state index contributed by atoms with van der Waals surface area (Å²) in [4.78, 5) is 153. The number of benzene rings is 4. The molecule has 4 aromatic heterocycles. The number of aromatic amines is 4. The van der Waals surface area contributed by atoms with E-state index in [1.807, 2.05) is 9.97 Å². The minimum atomic E-state index is -4.30. The maximum Gasteiger partial charge on any atom is 0.459 e. The fourth-order valence-electron chi connectivity index (χ4n) is 15.9. The van der Waals surface area contributed by atoms with Crippen molar-refractivity contribution in [3.8, 4) is 23.0 Å². The first-order valence-electron chi connectivity index (χ1n) is 46.2. The molecule has 808 valence electrons. The van der Waals surface area contributed by atoms with E-state index in [2.05, 4.69) is 30.3 Å². The third kappa shape index (κ3) is 26.6. The number of halogens is 2. The first-order valence-corrected chi connectivity index (χ1v) is 52.3. The van der Waals surface area contributed by atoms with Gasteiger partial charge in [-0.1, -0.05) is 72.8 Å². The van der Waals surface area contributed by atoms with E-state index in [9.17, 15) is 105 Å². The number of esters is 4. The highest BCUT2D eigenvalue weighted by atomic mass is 31.2. The first kappa shape index (κ1) is 114. The van der Waals surface area contributed by atoms with Crippen molar-refractivity contribution < 1.29 is 160 Å². The number of ether oxygens (including phenoxy) is 12. The molecule has 24 atom stereocenters. The number of hydrogen-bond acceptors (Lipinski definition) is 40. The topological polar surface area (TPSA) is 670 Å². The van der Waals surface area contributed by atoms with E-state index in [0.29, 0.717) is 12.4 Å². The second kappa shape index (κ2) is 47.0. The van der Waals surface area contributed by atoms with Crippen LogP contribution in [0.15, 0.2) is 184 Å². The number of carbonyl (C=O) groups is 4. The highest BCUT2D eigenvalue weighted by Crippen LogP contribution is 2.56. The van der Waals surface area contributed by atoms with E-state index in [1.165, 1.54) is 78.2 Å². The molecule has 0 aliphatic carbocycles. The van der Waals surface area contributed by atoms with Crippen molar-refractivity contribution in [1.82, 2.24) is 58.6 Å². The van der Waals surface area contributed by atoms with Gasteiger partial charge in [-0.05, 0) is 145 Å². The van der Waals surface area contributed by atoms with Gasteiger partial charge in [0, 0.05) is 23.5 Å². The van der Waals surface area contributed by atoms with Gasteiger partial charge in [0.05, 0.1) is 89.7 Å². The summed E-state index contributed by atoms with van der Waals surface area (Å²) in [6, 6.07) is 28.1. The van der Waals surface area contributed by atoms with Crippen LogP contribution in [0.5, 0.6) is 23.0 Å². The molecular weight excluding hydrogens is 2050 g/mol. The van der Waals surface area contributed by atoms with E-state index in [0.717, 1.165) is 18.3 Å². The van der Waals surface area contributed by atoms with E-state index < -0.39 is 283 Å². The Morgan fingerprint density at radius 1 is 0.345 bits per heavy atom. The summed E-state index contributed by atoms with van der Waals surface area (Å²) in [5.74, 6) is -4.45. The zero-order chi connectivity index (χ0) is 108. The maximum atomic E-state index is 13.8. The molecule has 52 nitrogen and oxygen atoms in total. The second-order valence-electron chi connectivity index (χ2n) is 36.5. The van der Waals surface area contributed by atoms with Crippen LogP contribution < -0.4 is 83.4 Å². The van der Waals surface area contributed by atoms with Crippen molar-refractivity contribution in [3.05, 3.63) is 252 Å². The first-order chi connectivity index (χ1) is 69.7. The predicted octanol–water partition coefficient (Wildman–Crippen LogP) is 3.68. The molecule has 0 spiro atoms. The highest BCUT2D eigenvalue weighted by Gasteiger charge is 2.67. The molecule has 12 N–H and O–H groups in total. The van der Waals surface area contributed by atoms with Gasteiger partial charge < -0.3 is 95.4 Å². The molecule has 8 aliphatic heterocycles. The highest BCUT2D eigenvalue weighted by molar-refractivity contribution is 7.53. The average Bonchev–Trinajstić information content (AvgIpc) is 1.59. The molecule has 0 saturated carbocycles. The summed E-state index contributed by atoms with van der Waals surface area (Å²) in [5.41, 5.74) is -12.7. The Morgan fingerprint density at radius 2 is 0.541 bits per heavy atom. The number of aryl methyl sites for hydroxylation is 2. The molecule has 3 unspecified atom stereocenters. The SMILES string of the molecule is CC(C)OC(=O)[C@H](C)N[P@@](=O)(OC[C@@]12CO[C@@H]([C@H](n3cc(F)c(=O)[nH]c3=O)O1)[C@@H]2O)Oc1ccccc1.CC(C)OC(=O)[C@H](C)N[P@](=O)(OC[C@@]12CO[C@@H]([C@H](n3cc(F)c(=O)[nH]c3=O)O1)[C@@H]2O)Oc1ccccc1.Cc1cn([C@@H]2O[C@@]3(COP(=O)(NC(C)C(=O)OC(C)C)Oc4ccccc4)CO[C@@H]2[C@@H]3O)c(=O)[nH]c1=O.Cc1cn([C@@H]2O[C@@]3(COP(=O)(N[C@H](C)C(=O)OC(C)C)Oc4ccccc4)CO[C@@H]2[C@@H]3O)c(=O)[nH]c1=O. The van der Waals surface area contributed by atoms with Crippen LogP contribution in [0.1, 0.15) is 119 Å². The third-order valence-corrected chi connectivity index (χ3v) is 29.8. The Bertz CT molecular complexity index is 5990. The lowest BCUT2D eigenvalue weighted by Gasteiger charge is -2.32. The summed E-state index contributed by atoms with van der Waals surface area (Å²) >= 11 is 0. The van der Waals surface area contributed by atoms with Gasteiger partial charge in [-0.25, -0.2) is 37.4 Å². The number of nitrogens with one attached hydrogen (secondary N) is 8. The van der Waals surface area contributed by atoms with Crippen LogP contribution >= 0.6 is 31.0 Å². The molecule has 58 heteroatoms. The maximum absolute atomic E-state index is 13.8. The number of hydrogen-bond donors (Lipinski definition) is 12. The lowest BCUT2D eigenvalue weighted by atomic mass is 10.0. The summed E-state index contributed by atoms with van der Waals surface area (Å²) < 4.78 is 198. The van der Waals surface area contributed by atoms with Crippen LogP contribution in [-0.2, 0) is 112 Å². The van der Waals surface area contributed by atoms with Crippen LogP contribution in [-0.4, -0.2) is 255 Å². The molecule has 8 aliphatic rings. The molecule has 16 rings (SSSR count). The van der Waals surface area contributed by atoms with Gasteiger partial charge in [0.25, 0.3) is 22.2 Å². The Morgan fingerprint density at radius 3 is 0.743 bits per heavy atom. The quantitative estimate of drug-likeness (QED) is 0.0148. The minimum absolute atomic E-state index is 0.122. The fraction of sp³-hybridized carbons (Fsp3) is 0.511. The Labute approximate surface area is 839 Å². The molecule has 8 aromatic rings. The van der Waals surface area contributed by atoms with Gasteiger partial charge in [-0.3, -0.25) is 94.7 Å². The lowest BCUT2D eigenvalue weighted by molar-refractivity contribution is -0.185. The Hall–Kier alpha value is -11.3. The number of aromatic nitrogens is 8. The van der Waals surface area contributed by atoms with Crippen molar-refractivity contribution in [2.75, 3.05) is 52.9 Å². The fourth-order valence-corrected chi connectivity index (χ4v) is 22.1. The van der Waals surface area contributed by atoms with Gasteiger partial charge in [0.1, 0.15) is 118 Å². The molecule has 148 heavy (non-hydrogen) atoms. The molecular formula is C90H114F2N12O40P4. The van der Waals surface area contributed by atoms with Crippen LogP contribution in [0.25, 0.3) is 0 Å². The second-order valence-corrected chi connectivity index (χ2v) is 43.2. The monoisotopic (exact) mass is 2160 g/mol. The third-order valence-electron chi connectivity index (χ3n) is 23.3. The molecule has 8 saturated heterocycles. The standard InChI is InChI=1S/2C23H30N3O10P.2C22H27FN3O10P/c2*1-13(2)34-21(29)15(4)25-37(31,36-16-8-6-5-7-9-16)33-12-23-11-32-17(18(23)27)20(35-23)26-10-14(3)19(28)24-22(26)30;2*1-12(2)34-20(29)13(3)25-37(31,36-14-7-5-4-6-8-14)33-11-22-10-32-16(17(22)27)19(35-22)26-9-15(23)18(28)24-21(26)30/h2*5-10,13,15,17-18,20,27H,11-12H2,1-4H3,(H,25,31)(H,24,28,30);2*4-9,12-13,16-17,19,27H,10-11H2,1-3H3,(H,25,31)(H,24,28,30)/t15?,17-,18+,20-,23-,37?;15-,17-,18+,20-,23-,37?;13-,16+,17-,19+,22+,37+;13-,16+,17-,19+,22+,37-/m1100/s1. The van der Waals surface area contributed by atoms with Crippen molar-refractivity contribution in [1.29, 1.82) is 0 Å². The molecule has 4 aromatic carbocycles. The van der Waals surface area contributed by atoms with E-state index >= 15 is 0 Å². The number of aliphatic hydroxyl groups excluding tert-OH is 4. The van der Waals surface area contributed by atoms with Crippen LogP contribution in [0.4, 0.5) is 8.78 Å². The molecule has 8 fully saturated rings. The molecule has 8 bridgehead atoms. The normalized spacial score (nSPS) is 27.1. The predicted molar refractivity (Wildman–Crippen MR) is 507 cm³/mol. The van der Waals surface area contributed by atoms with Crippen molar-refractivity contribution in [2.24, 2.45) is 0 Å². The number of rotatable bonds is 40. The summed E-state index contributed by atoms with van der Waals surface area (Å²) in [7, 11) is -17.1. The average molecular weight is 2170 g/mol. The van der Waals surface area contributed by atoms with E-state index in [1.54, 1.807) is 152 Å². The van der Waals surface area contributed by atoms with Gasteiger partial charge in [-0.2, -0.15) is 29.1 Å². The number of aliphatic hydroxyl groups is 4. The van der Waals surface area contributed by atoms with Crippen molar-refractivity contribution >= 4 is 54.9 Å². The molecule has 0 radical (unpaired) electrons. The van der Waals surface area contributed by atoms with Crippen LogP contribution in [0.2, 0.25) is 0 Å². The van der Waals surface area contributed by atoms with Gasteiger partial charge in [0.2, 0.25) is 11.6 Å². The number of H-pyrrole nitrogens is 4. The summed E-state index contributed by atoms with van der Waals surface area (Å²) in [6.07, 6.45) is -11.9. The molecule has 0 amide bonds. The number of para-hydroxylation sites is 4. The van der Waals surface area contributed by atoms with Crippen LogP contribution in [0, 0.1) is 25.5 Å². The van der Waals surface area contributed by atoms with Gasteiger partial charge in [0.15, 0.2) is 24.9 Å². The number of nitrogens with zero attached hydrogens (tertiary/aromatic N) is 4. The van der Waals surface area contributed by atoms with E-state index in [-0.39, 0.29) is 60.6 Å². The smallest absolute Gasteiger partial charge is 0.459 e. The summed E-state index contributed by atoms with van der Waals surface area (Å²) in [6.45, 7) is 19.4.